The normalized spacial score (nSPS) is 24.0. The molecule has 1 aromatic heterocycles. The highest BCUT2D eigenvalue weighted by atomic mass is 127. The fraction of sp³-hybridized carbons (Fsp3) is 0.706. The highest BCUT2D eigenvalue weighted by Crippen LogP contribution is 2.24. The first-order chi connectivity index (χ1) is 11.6. The van der Waals surface area contributed by atoms with Gasteiger partial charge in [0.05, 0.1) is 38.5 Å². The van der Waals surface area contributed by atoms with E-state index in [-0.39, 0.29) is 36.1 Å². The number of nitrogens with zero attached hydrogens (tertiary/aromatic N) is 3. The summed E-state index contributed by atoms with van der Waals surface area (Å²) in [4.78, 5) is 9.12. The van der Waals surface area contributed by atoms with Crippen LogP contribution in [0.4, 0.5) is 0 Å². The molecule has 0 radical (unpaired) electrons. The van der Waals surface area contributed by atoms with E-state index in [1.807, 2.05) is 19.1 Å². The molecule has 3 heterocycles. The summed E-state index contributed by atoms with van der Waals surface area (Å²) in [7, 11) is 0. The summed E-state index contributed by atoms with van der Waals surface area (Å²) in [6.45, 7) is 10.1. The molecule has 0 saturated carbocycles. The van der Waals surface area contributed by atoms with Crippen LogP contribution in [0.15, 0.2) is 21.5 Å². The molecule has 2 fully saturated rings. The van der Waals surface area contributed by atoms with Crippen LogP contribution in [0.5, 0.6) is 0 Å². The average molecular weight is 464 g/mol. The molecule has 0 aromatic carbocycles. The van der Waals surface area contributed by atoms with E-state index >= 15 is 0 Å². The van der Waals surface area contributed by atoms with Gasteiger partial charge in [-0.15, -0.1) is 24.0 Å². The number of nitrogens with two attached hydrogens (primary N) is 1. The number of morpholine rings is 2. The first-order valence-corrected chi connectivity index (χ1v) is 8.68. The van der Waals surface area contributed by atoms with Crippen LogP contribution in [0.1, 0.15) is 24.5 Å². The van der Waals surface area contributed by atoms with E-state index in [2.05, 4.69) is 21.7 Å². The van der Waals surface area contributed by atoms with Crippen LogP contribution in [0.2, 0.25) is 0 Å². The van der Waals surface area contributed by atoms with Crippen molar-refractivity contribution in [2.24, 2.45) is 10.7 Å². The van der Waals surface area contributed by atoms with E-state index in [0.29, 0.717) is 19.1 Å². The Kier molecular flexibility index (Phi) is 7.98. The Morgan fingerprint density at radius 2 is 2.04 bits per heavy atom. The summed E-state index contributed by atoms with van der Waals surface area (Å²) >= 11 is 0. The zero-order valence-electron chi connectivity index (χ0n) is 15.0. The minimum Gasteiger partial charge on any atom is -0.465 e. The topological polar surface area (TPSA) is 76.5 Å². The molecule has 2 aliphatic rings. The number of rotatable bonds is 4. The van der Waals surface area contributed by atoms with Crippen LogP contribution in [0.3, 0.4) is 0 Å². The van der Waals surface area contributed by atoms with Crippen LogP contribution in [0.25, 0.3) is 0 Å². The molecule has 2 atom stereocenters. The molecule has 0 spiro atoms. The van der Waals surface area contributed by atoms with Crippen molar-refractivity contribution < 1.29 is 13.9 Å². The molecule has 8 heteroatoms. The molecule has 2 unspecified atom stereocenters. The summed E-state index contributed by atoms with van der Waals surface area (Å²) in [6, 6.07) is 4.14. The first kappa shape index (κ1) is 20.5. The van der Waals surface area contributed by atoms with Crippen molar-refractivity contribution in [2.75, 3.05) is 52.5 Å². The van der Waals surface area contributed by atoms with Crippen molar-refractivity contribution in [3.05, 3.63) is 23.7 Å². The van der Waals surface area contributed by atoms with Crippen molar-refractivity contribution in [1.82, 2.24) is 9.80 Å². The predicted octanol–water partition coefficient (Wildman–Crippen LogP) is 1.61. The van der Waals surface area contributed by atoms with E-state index in [1.165, 1.54) is 0 Å². The van der Waals surface area contributed by atoms with Gasteiger partial charge in [-0.3, -0.25) is 9.89 Å². The summed E-state index contributed by atoms with van der Waals surface area (Å²) in [5, 5.41) is 0. The molecule has 7 nitrogen and oxygen atoms in total. The van der Waals surface area contributed by atoms with E-state index in [0.717, 1.165) is 50.9 Å². The van der Waals surface area contributed by atoms with Gasteiger partial charge in [0, 0.05) is 26.2 Å². The third kappa shape index (κ3) is 5.57. The second-order valence-corrected chi connectivity index (χ2v) is 6.44. The molecule has 1 aromatic rings. The number of hydrogen-bond donors (Lipinski definition) is 1. The summed E-state index contributed by atoms with van der Waals surface area (Å²) in [5.74, 6) is 2.45. The Hall–Kier alpha value is -0.840. The fourth-order valence-corrected chi connectivity index (χ4v) is 3.21. The van der Waals surface area contributed by atoms with Crippen molar-refractivity contribution in [3.63, 3.8) is 0 Å². The first-order valence-electron chi connectivity index (χ1n) is 8.68. The number of guanidine groups is 1. The molecule has 2 saturated heterocycles. The highest BCUT2D eigenvalue weighted by molar-refractivity contribution is 14.0. The zero-order chi connectivity index (χ0) is 16.9. The van der Waals surface area contributed by atoms with Gasteiger partial charge in [-0.25, -0.2) is 0 Å². The Morgan fingerprint density at radius 1 is 1.28 bits per heavy atom. The van der Waals surface area contributed by atoms with Gasteiger partial charge in [0.2, 0.25) is 0 Å². The molecular formula is C17H29IN4O3. The van der Waals surface area contributed by atoms with Gasteiger partial charge < -0.3 is 24.5 Å². The maximum absolute atomic E-state index is 6.22. The Labute approximate surface area is 166 Å². The number of hydrogen-bond acceptors (Lipinski definition) is 5. The summed E-state index contributed by atoms with van der Waals surface area (Å²) in [5.41, 5.74) is 6.22. The number of furan rings is 1. The number of halogens is 1. The standard InChI is InChI=1S/C17H28N4O3.HI/c1-13-3-4-16(24-13)15(20-5-8-22-9-6-20)11-19-17(18)21-7-10-23-14(2)12-21;/h3-4,14-15H,5-12H2,1-2H3,(H2,18,19);1H. The van der Waals surface area contributed by atoms with Gasteiger partial charge in [0.1, 0.15) is 11.5 Å². The molecule has 0 aliphatic carbocycles. The van der Waals surface area contributed by atoms with Crippen LogP contribution < -0.4 is 5.73 Å². The molecule has 25 heavy (non-hydrogen) atoms. The van der Waals surface area contributed by atoms with Gasteiger partial charge >= 0.3 is 0 Å². The lowest BCUT2D eigenvalue weighted by Gasteiger charge is -2.34. The van der Waals surface area contributed by atoms with Crippen molar-refractivity contribution >= 4 is 29.9 Å². The molecule has 3 rings (SSSR count). The Morgan fingerprint density at radius 3 is 2.68 bits per heavy atom. The maximum Gasteiger partial charge on any atom is 0.191 e. The van der Waals surface area contributed by atoms with Crippen LogP contribution >= 0.6 is 24.0 Å². The van der Waals surface area contributed by atoms with E-state index in [9.17, 15) is 0 Å². The lowest BCUT2D eigenvalue weighted by atomic mass is 10.1. The molecule has 2 N–H and O–H groups in total. The SMILES string of the molecule is Cc1ccc(C(CN=C(N)N2CCOC(C)C2)N2CCOCC2)o1.I. The molecule has 0 amide bonds. The van der Waals surface area contributed by atoms with E-state index < -0.39 is 0 Å². The molecule has 142 valence electrons. The maximum atomic E-state index is 6.22. The van der Waals surface area contributed by atoms with Gasteiger partial charge in [0.15, 0.2) is 5.96 Å². The zero-order valence-corrected chi connectivity index (χ0v) is 17.3. The average Bonchev–Trinajstić information content (AvgIpc) is 3.02. The van der Waals surface area contributed by atoms with Gasteiger partial charge in [-0.2, -0.15) is 0 Å². The predicted molar refractivity (Wildman–Crippen MR) is 107 cm³/mol. The number of aliphatic imine (C=N–C) groups is 1. The van der Waals surface area contributed by atoms with Crippen molar-refractivity contribution in [2.45, 2.75) is 26.0 Å². The minimum absolute atomic E-state index is 0. The third-order valence-electron chi connectivity index (χ3n) is 4.57. The lowest BCUT2D eigenvalue weighted by molar-refractivity contribution is 0.00467. The van der Waals surface area contributed by atoms with Crippen LogP contribution in [-0.4, -0.2) is 74.4 Å². The Bertz CT molecular complexity index is 560. The van der Waals surface area contributed by atoms with E-state index in [4.69, 9.17) is 19.6 Å². The third-order valence-corrected chi connectivity index (χ3v) is 4.57. The monoisotopic (exact) mass is 464 g/mol. The minimum atomic E-state index is 0. The van der Waals surface area contributed by atoms with Gasteiger partial charge in [-0.05, 0) is 26.0 Å². The second-order valence-electron chi connectivity index (χ2n) is 6.44. The smallest absolute Gasteiger partial charge is 0.191 e. The largest absolute Gasteiger partial charge is 0.465 e. The Balaban J connectivity index is 0.00000225. The quantitative estimate of drug-likeness (QED) is 0.415. The van der Waals surface area contributed by atoms with Crippen LogP contribution in [-0.2, 0) is 9.47 Å². The lowest BCUT2D eigenvalue weighted by Crippen LogP contribution is -2.48. The van der Waals surface area contributed by atoms with Crippen LogP contribution in [0, 0.1) is 6.92 Å². The molecular weight excluding hydrogens is 435 g/mol. The van der Waals surface area contributed by atoms with Crippen molar-refractivity contribution in [3.8, 4) is 0 Å². The number of ether oxygens (including phenoxy) is 2. The highest BCUT2D eigenvalue weighted by Gasteiger charge is 2.26. The molecule has 0 bridgehead atoms. The number of aryl methyl sites for hydroxylation is 1. The fourth-order valence-electron chi connectivity index (χ4n) is 3.21. The summed E-state index contributed by atoms with van der Waals surface area (Å²) in [6.07, 6.45) is 0.190. The van der Waals surface area contributed by atoms with Crippen molar-refractivity contribution in [1.29, 1.82) is 0 Å². The van der Waals surface area contributed by atoms with E-state index in [1.54, 1.807) is 0 Å². The summed E-state index contributed by atoms with van der Waals surface area (Å²) < 4.78 is 16.9. The van der Waals surface area contributed by atoms with Gasteiger partial charge in [-0.1, -0.05) is 0 Å². The van der Waals surface area contributed by atoms with Gasteiger partial charge in [0.25, 0.3) is 0 Å². The second kappa shape index (κ2) is 9.75. The molecule has 2 aliphatic heterocycles.